The summed E-state index contributed by atoms with van der Waals surface area (Å²) in [5.74, 6) is 1.45. The van der Waals surface area contributed by atoms with Crippen LogP contribution in [0.1, 0.15) is 32.6 Å². The molecule has 1 unspecified atom stereocenters. The first-order valence-corrected chi connectivity index (χ1v) is 7.48. The van der Waals surface area contributed by atoms with Crippen LogP contribution < -0.4 is 9.47 Å². The van der Waals surface area contributed by atoms with Gasteiger partial charge in [0.25, 0.3) is 5.91 Å². The van der Waals surface area contributed by atoms with Crippen LogP contribution in [-0.4, -0.2) is 36.1 Å². The van der Waals surface area contributed by atoms with E-state index < -0.39 is 6.10 Å². The van der Waals surface area contributed by atoms with Crippen LogP contribution in [0.5, 0.6) is 11.5 Å². The minimum absolute atomic E-state index is 0.0638. The van der Waals surface area contributed by atoms with E-state index in [0.717, 1.165) is 25.1 Å². The lowest BCUT2D eigenvalue weighted by atomic mass is 10.1. The molecule has 1 amide bonds. The highest BCUT2D eigenvalue weighted by Crippen LogP contribution is 2.32. The Labute approximate surface area is 119 Å². The number of fused-ring (bicyclic) bond motifs is 1. The SMILES string of the molecule is CCN(C(=O)C1COc2ccccc2O1)C1CCCC1. The minimum atomic E-state index is -0.509. The number of benzene rings is 1. The fourth-order valence-corrected chi connectivity index (χ4v) is 3.14. The van der Waals surface area contributed by atoms with Crippen molar-refractivity contribution in [3.05, 3.63) is 24.3 Å². The van der Waals surface area contributed by atoms with E-state index in [1.165, 1.54) is 12.8 Å². The Hall–Kier alpha value is -1.71. The van der Waals surface area contributed by atoms with Crippen molar-refractivity contribution in [2.24, 2.45) is 0 Å². The minimum Gasteiger partial charge on any atom is -0.485 e. The maximum atomic E-state index is 12.6. The molecule has 108 valence electrons. The fraction of sp³-hybridized carbons (Fsp3) is 0.562. The van der Waals surface area contributed by atoms with Crippen molar-refractivity contribution in [2.75, 3.05) is 13.2 Å². The van der Waals surface area contributed by atoms with Crippen LogP contribution in [0.2, 0.25) is 0 Å². The third-order valence-corrected chi connectivity index (χ3v) is 4.17. The number of para-hydroxylation sites is 2. The molecule has 3 rings (SSSR count). The second kappa shape index (κ2) is 5.73. The molecule has 1 aliphatic heterocycles. The van der Waals surface area contributed by atoms with Crippen LogP contribution in [0.3, 0.4) is 0 Å². The number of ether oxygens (including phenoxy) is 2. The number of carbonyl (C=O) groups is 1. The smallest absolute Gasteiger partial charge is 0.267 e. The summed E-state index contributed by atoms with van der Waals surface area (Å²) in [6, 6.07) is 7.89. The summed E-state index contributed by atoms with van der Waals surface area (Å²) in [6.45, 7) is 3.08. The summed E-state index contributed by atoms with van der Waals surface area (Å²) in [4.78, 5) is 14.6. The molecule has 20 heavy (non-hydrogen) atoms. The Balaban J connectivity index is 1.71. The van der Waals surface area contributed by atoms with Crippen LogP contribution in [-0.2, 0) is 4.79 Å². The quantitative estimate of drug-likeness (QED) is 0.851. The van der Waals surface area contributed by atoms with Gasteiger partial charge < -0.3 is 14.4 Å². The van der Waals surface area contributed by atoms with Gasteiger partial charge in [-0.1, -0.05) is 25.0 Å². The molecule has 0 N–H and O–H groups in total. The molecule has 0 bridgehead atoms. The van der Waals surface area contributed by atoms with E-state index in [4.69, 9.17) is 9.47 Å². The summed E-state index contributed by atoms with van der Waals surface area (Å²) < 4.78 is 11.5. The topological polar surface area (TPSA) is 38.8 Å². The predicted molar refractivity (Wildman–Crippen MR) is 76.0 cm³/mol. The molecule has 1 aromatic carbocycles. The number of hydrogen-bond acceptors (Lipinski definition) is 3. The van der Waals surface area contributed by atoms with Crippen LogP contribution in [0, 0.1) is 0 Å². The van der Waals surface area contributed by atoms with Gasteiger partial charge in [0, 0.05) is 12.6 Å². The highest BCUT2D eigenvalue weighted by atomic mass is 16.6. The summed E-state index contributed by atoms with van der Waals surface area (Å²) in [7, 11) is 0. The molecule has 1 aromatic rings. The van der Waals surface area contributed by atoms with Gasteiger partial charge in [0.2, 0.25) is 6.10 Å². The molecule has 1 atom stereocenters. The Bertz CT molecular complexity index is 482. The number of nitrogens with zero attached hydrogens (tertiary/aromatic N) is 1. The molecule has 1 saturated carbocycles. The van der Waals surface area contributed by atoms with Gasteiger partial charge in [0.05, 0.1) is 0 Å². The zero-order chi connectivity index (χ0) is 13.9. The predicted octanol–water partition coefficient (Wildman–Crippen LogP) is 2.62. The molecule has 4 heteroatoms. The maximum Gasteiger partial charge on any atom is 0.267 e. The maximum absolute atomic E-state index is 12.6. The van der Waals surface area contributed by atoms with Crippen molar-refractivity contribution < 1.29 is 14.3 Å². The second-order valence-corrected chi connectivity index (χ2v) is 5.43. The first-order chi connectivity index (χ1) is 9.79. The number of amides is 1. The van der Waals surface area contributed by atoms with E-state index in [1.807, 2.05) is 36.1 Å². The highest BCUT2D eigenvalue weighted by Gasteiger charge is 2.34. The lowest BCUT2D eigenvalue weighted by Crippen LogP contribution is -2.49. The molecule has 1 fully saturated rings. The first-order valence-electron chi connectivity index (χ1n) is 7.48. The van der Waals surface area contributed by atoms with E-state index >= 15 is 0 Å². The molecule has 0 saturated heterocycles. The van der Waals surface area contributed by atoms with Crippen molar-refractivity contribution in [3.8, 4) is 11.5 Å². The Kier molecular flexibility index (Phi) is 3.81. The summed E-state index contributed by atoms with van der Waals surface area (Å²) >= 11 is 0. The van der Waals surface area contributed by atoms with Crippen molar-refractivity contribution in [3.63, 3.8) is 0 Å². The average molecular weight is 275 g/mol. The fourth-order valence-electron chi connectivity index (χ4n) is 3.14. The van der Waals surface area contributed by atoms with Crippen LogP contribution in [0.15, 0.2) is 24.3 Å². The number of carbonyl (C=O) groups excluding carboxylic acids is 1. The zero-order valence-electron chi connectivity index (χ0n) is 11.9. The van der Waals surface area contributed by atoms with Gasteiger partial charge in [-0.05, 0) is 31.9 Å². The zero-order valence-corrected chi connectivity index (χ0v) is 11.9. The molecule has 0 aromatic heterocycles. The Morgan fingerprint density at radius 1 is 1.25 bits per heavy atom. The molecule has 0 spiro atoms. The van der Waals surface area contributed by atoms with Gasteiger partial charge in [-0.3, -0.25) is 4.79 Å². The summed E-state index contributed by atoms with van der Waals surface area (Å²) in [5.41, 5.74) is 0. The van der Waals surface area contributed by atoms with Gasteiger partial charge in [-0.25, -0.2) is 0 Å². The monoisotopic (exact) mass is 275 g/mol. The molecule has 2 aliphatic rings. The number of rotatable bonds is 3. The van der Waals surface area contributed by atoms with Gasteiger partial charge in [-0.2, -0.15) is 0 Å². The normalized spacial score (nSPS) is 21.8. The molecule has 4 nitrogen and oxygen atoms in total. The van der Waals surface area contributed by atoms with Crippen LogP contribution in [0.25, 0.3) is 0 Å². The van der Waals surface area contributed by atoms with E-state index in [1.54, 1.807) is 0 Å². The molecule has 1 heterocycles. The third kappa shape index (κ3) is 2.47. The molecule has 0 radical (unpaired) electrons. The van der Waals surface area contributed by atoms with Gasteiger partial charge in [0.1, 0.15) is 6.61 Å². The molecular weight excluding hydrogens is 254 g/mol. The molecular formula is C16H21NO3. The van der Waals surface area contributed by atoms with Crippen LogP contribution >= 0.6 is 0 Å². The second-order valence-electron chi connectivity index (χ2n) is 5.43. The van der Waals surface area contributed by atoms with Crippen molar-refractivity contribution in [1.29, 1.82) is 0 Å². The van der Waals surface area contributed by atoms with E-state index in [2.05, 4.69) is 0 Å². The average Bonchev–Trinajstić information content (AvgIpc) is 3.01. The summed E-state index contributed by atoms with van der Waals surface area (Å²) in [5, 5.41) is 0. The summed E-state index contributed by atoms with van der Waals surface area (Å²) in [6.07, 6.45) is 4.16. The van der Waals surface area contributed by atoms with Gasteiger partial charge >= 0.3 is 0 Å². The number of likely N-dealkylation sites (N-methyl/N-ethyl adjacent to an activating group) is 1. The van der Waals surface area contributed by atoms with Gasteiger partial charge in [-0.15, -0.1) is 0 Å². The first kappa shape index (κ1) is 13.3. The van der Waals surface area contributed by atoms with E-state index in [9.17, 15) is 4.79 Å². The largest absolute Gasteiger partial charge is 0.485 e. The van der Waals surface area contributed by atoms with E-state index in [-0.39, 0.29) is 5.91 Å². The number of hydrogen-bond donors (Lipinski definition) is 0. The van der Waals surface area contributed by atoms with Crippen molar-refractivity contribution in [2.45, 2.75) is 44.8 Å². The van der Waals surface area contributed by atoms with Crippen molar-refractivity contribution in [1.82, 2.24) is 4.90 Å². The molecule has 1 aliphatic carbocycles. The van der Waals surface area contributed by atoms with Crippen LogP contribution in [0.4, 0.5) is 0 Å². The lowest BCUT2D eigenvalue weighted by molar-refractivity contribution is -0.143. The Morgan fingerprint density at radius 3 is 2.65 bits per heavy atom. The van der Waals surface area contributed by atoms with E-state index in [0.29, 0.717) is 18.4 Å². The highest BCUT2D eigenvalue weighted by molar-refractivity contribution is 5.82. The standard InChI is InChI=1S/C16H21NO3/c1-2-17(12-7-3-4-8-12)16(18)15-11-19-13-9-5-6-10-14(13)20-15/h5-6,9-10,12,15H,2-4,7-8,11H2,1H3. The van der Waals surface area contributed by atoms with Crippen molar-refractivity contribution >= 4 is 5.91 Å². The lowest BCUT2D eigenvalue weighted by Gasteiger charge is -2.33. The third-order valence-electron chi connectivity index (χ3n) is 4.17. The Morgan fingerprint density at radius 2 is 1.95 bits per heavy atom. The van der Waals surface area contributed by atoms with Gasteiger partial charge in [0.15, 0.2) is 11.5 Å².